The molecule has 0 saturated carbocycles. The molecule has 4 nitrogen and oxygen atoms in total. The van der Waals surface area contributed by atoms with Crippen molar-refractivity contribution in [1.29, 1.82) is 0 Å². The third-order valence-corrected chi connectivity index (χ3v) is 3.89. The number of carbonyl (C=O) groups is 2. The number of carbonyl (C=O) groups excluding carboxylic acids is 2. The molecule has 2 amide bonds. The lowest BCUT2D eigenvalue weighted by molar-refractivity contribution is 0.0892. The van der Waals surface area contributed by atoms with E-state index < -0.39 is 11.8 Å². The molecule has 4 heteroatoms. The van der Waals surface area contributed by atoms with E-state index in [2.05, 4.69) is 0 Å². The van der Waals surface area contributed by atoms with Crippen molar-refractivity contribution in [2.24, 2.45) is 0 Å². The van der Waals surface area contributed by atoms with Crippen LogP contribution in [0, 0.1) is 0 Å². The molecule has 1 aliphatic rings. The smallest absolute Gasteiger partial charge is 0.266 e. The number of anilines is 1. The monoisotopic (exact) mass is 289 g/mol. The van der Waals surface area contributed by atoms with Crippen molar-refractivity contribution in [1.82, 2.24) is 0 Å². The number of phenols is 1. The topological polar surface area (TPSA) is 57.6 Å². The maximum Gasteiger partial charge on any atom is 0.266 e. The van der Waals surface area contributed by atoms with Crippen LogP contribution in [0.1, 0.15) is 20.7 Å². The minimum absolute atomic E-state index is 0.101. The number of hydrogen-bond acceptors (Lipinski definition) is 3. The quantitative estimate of drug-likeness (QED) is 0.699. The van der Waals surface area contributed by atoms with Gasteiger partial charge in [-0.2, -0.15) is 0 Å². The zero-order valence-corrected chi connectivity index (χ0v) is 11.5. The van der Waals surface area contributed by atoms with Crippen molar-refractivity contribution >= 4 is 28.3 Å². The van der Waals surface area contributed by atoms with Gasteiger partial charge in [-0.3, -0.25) is 9.59 Å². The highest BCUT2D eigenvalue weighted by atomic mass is 16.3. The zero-order chi connectivity index (χ0) is 15.3. The first-order chi connectivity index (χ1) is 10.7. The van der Waals surface area contributed by atoms with E-state index in [1.54, 1.807) is 42.5 Å². The fourth-order valence-electron chi connectivity index (χ4n) is 2.90. The van der Waals surface area contributed by atoms with Crippen LogP contribution in [-0.4, -0.2) is 16.9 Å². The van der Waals surface area contributed by atoms with E-state index in [-0.39, 0.29) is 11.4 Å². The summed E-state index contributed by atoms with van der Waals surface area (Å²) < 4.78 is 0. The number of aromatic hydroxyl groups is 1. The molecular formula is C18H11NO3. The normalized spacial score (nSPS) is 13.7. The van der Waals surface area contributed by atoms with Crippen LogP contribution in [-0.2, 0) is 0 Å². The van der Waals surface area contributed by atoms with Gasteiger partial charge in [0.05, 0.1) is 5.69 Å². The van der Waals surface area contributed by atoms with Gasteiger partial charge in [0.25, 0.3) is 11.8 Å². The lowest BCUT2D eigenvalue weighted by Crippen LogP contribution is -2.40. The Bertz CT molecular complexity index is 895. The summed E-state index contributed by atoms with van der Waals surface area (Å²) in [4.78, 5) is 26.6. The molecule has 0 aliphatic carbocycles. The van der Waals surface area contributed by atoms with E-state index in [4.69, 9.17) is 0 Å². The maximum absolute atomic E-state index is 12.8. The summed E-state index contributed by atoms with van der Waals surface area (Å²) in [7, 11) is 0. The van der Waals surface area contributed by atoms with Crippen LogP contribution in [0.2, 0.25) is 0 Å². The predicted molar refractivity (Wildman–Crippen MR) is 83.2 cm³/mol. The molecule has 106 valence electrons. The van der Waals surface area contributed by atoms with Gasteiger partial charge in [-0.05, 0) is 29.7 Å². The van der Waals surface area contributed by atoms with E-state index >= 15 is 0 Å². The largest absolute Gasteiger partial charge is 0.506 e. The van der Waals surface area contributed by atoms with Crippen LogP contribution < -0.4 is 4.90 Å². The molecule has 3 aromatic rings. The Hall–Kier alpha value is -3.14. The van der Waals surface area contributed by atoms with E-state index in [0.29, 0.717) is 16.5 Å². The van der Waals surface area contributed by atoms with Crippen LogP contribution in [0.25, 0.3) is 10.8 Å². The first kappa shape index (κ1) is 12.6. The Balaban J connectivity index is 2.02. The summed E-state index contributed by atoms with van der Waals surface area (Å²) >= 11 is 0. The second kappa shape index (κ2) is 4.43. The van der Waals surface area contributed by atoms with Crippen LogP contribution in [0.4, 0.5) is 5.69 Å². The molecule has 0 bridgehead atoms. The van der Waals surface area contributed by atoms with Gasteiger partial charge in [0.15, 0.2) is 0 Å². The van der Waals surface area contributed by atoms with Crippen molar-refractivity contribution < 1.29 is 14.7 Å². The highest BCUT2D eigenvalue weighted by Crippen LogP contribution is 2.35. The van der Waals surface area contributed by atoms with Crippen molar-refractivity contribution in [3.63, 3.8) is 0 Å². The van der Waals surface area contributed by atoms with Crippen LogP contribution >= 0.6 is 0 Å². The molecule has 22 heavy (non-hydrogen) atoms. The van der Waals surface area contributed by atoms with Crippen LogP contribution in [0.5, 0.6) is 5.75 Å². The third-order valence-electron chi connectivity index (χ3n) is 3.89. The number of imide groups is 1. The summed E-state index contributed by atoms with van der Waals surface area (Å²) in [6.07, 6.45) is 0. The number of benzene rings is 3. The van der Waals surface area contributed by atoms with Crippen molar-refractivity contribution in [2.45, 2.75) is 0 Å². The summed E-state index contributed by atoms with van der Waals surface area (Å²) in [5, 5.41) is 11.5. The average molecular weight is 289 g/mol. The highest BCUT2D eigenvalue weighted by Gasteiger charge is 2.34. The van der Waals surface area contributed by atoms with Gasteiger partial charge < -0.3 is 5.11 Å². The number of nitrogens with zero attached hydrogens (tertiary/aromatic N) is 1. The minimum atomic E-state index is -0.421. The second-order valence-electron chi connectivity index (χ2n) is 5.14. The molecule has 0 saturated heterocycles. The van der Waals surface area contributed by atoms with E-state index in [1.165, 1.54) is 6.07 Å². The third kappa shape index (κ3) is 1.58. The Labute approximate surface area is 126 Å². The second-order valence-corrected chi connectivity index (χ2v) is 5.14. The van der Waals surface area contributed by atoms with Crippen molar-refractivity contribution in [2.75, 3.05) is 4.90 Å². The molecule has 1 N–H and O–H groups in total. The van der Waals surface area contributed by atoms with Crippen molar-refractivity contribution in [3.8, 4) is 5.75 Å². The average Bonchev–Trinajstić information content (AvgIpc) is 2.54. The van der Waals surface area contributed by atoms with Gasteiger partial charge in [0.2, 0.25) is 0 Å². The molecule has 3 aromatic carbocycles. The maximum atomic E-state index is 12.8. The molecule has 0 radical (unpaired) electrons. The SMILES string of the molecule is O=C1c2cccc3cccc(c23)C(=O)N1c1ccccc1O. The Morgan fingerprint density at radius 1 is 0.727 bits per heavy atom. The summed E-state index contributed by atoms with van der Waals surface area (Å²) in [5.41, 5.74) is 1.14. The molecule has 0 unspecified atom stereocenters. The number of hydrogen-bond donors (Lipinski definition) is 1. The molecule has 1 heterocycles. The molecule has 0 spiro atoms. The molecule has 0 fully saturated rings. The lowest BCUT2D eigenvalue weighted by Gasteiger charge is -2.27. The Morgan fingerprint density at radius 2 is 1.32 bits per heavy atom. The number of para-hydroxylation sites is 2. The van der Waals surface area contributed by atoms with Gasteiger partial charge in [-0.25, -0.2) is 4.90 Å². The van der Waals surface area contributed by atoms with Crippen LogP contribution in [0.3, 0.4) is 0 Å². The Kier molecular flexibility index (Phi) is 2.53. The predicted octanol–water partition coefficient (Wildman–Crippen LogP) is 3.35. The molecular weight excluding hydrogens is 278 g/mol. The summed E-state index contributed by atoms with van der Waals surface area (Å²) in [6.45, 7) is 0. The van der Waals surface area contributed by atoms with E-state index in [9.17, 15) is 14.7 Å². The van der Waals surface area contributed by atoms with Crippen LogP contribution in [0.15, 0.2) is 60.7 Å². The van der Waals surface area contributed by atoms with Gasteiger partial charge in [0, 0.05) is 16.5 Å². The van der Waals surface area contributed by atoms with E-state index in [0.717, 1.165) is 10.3 Å². The van der Waals surface area contributed by atoms with Gasteiger partial charge >= 0.3 is 0 Å². The highest BCUT2D eigenvalue weighted by molar-refractivity contribution is 6.36. The lowest BCUT2D eigenvalue weighted by atomic mass is 9.94. The van der Waals surface area contributed by atoms with Gasteiger partial charge in [-0.1, -0.05) is 36.4 Å². The first-order valence-corrected chi connectivity index (χ1v) is 6.87. The summed E-state index contributed by atoms with van der Waals surface area (Å²) in [5.74, 6) is -0.942. The van der Waals surface area contributed by atoms with Gasteiger partial charge in [-0.15, -0.1) is 0 Å². The first-order valence-electron chi connectivity index (χ1n) is 6.87. The van der Waals surface area contributed by atoms with Gasteiger partial charge in [0.1, 0.15) is 5.75 Å². The fourth-order valence-corrected chi connectivity index (χ4v) is 2.90. The zero-order valence-electron chi connectivity index (χ0n) is 11.5. The fraction of sp³-hybridized carbons (Fsp3) is 0. The number of amides is 2. The number of phenolic OH excluding ortho intramolecular Hbond substituents is 1. The molecule has 4 rings (SSSR count). The van der Waals surface area contributed by atoms with E-state index in [1.807, 2.05) is 12.1 Å². The summed E-state index contributed by atoms with van der Waals surface area (Å²) in [6, 6.07) is 17.1. The minimum Gasteiger partial charge on any atom is -0.506 e. The standard InChI is InChI=1S/C18H11NO3/c20-15-10-2-1-9-14(15)19-17(21)12-7-3-5-11-6-4-8-13(16(11)12)18(19)22/h1-10,20H. The number of rotatable bonds is 1. The Morgan fingerprint density at radius 3 is 1.91 bits per heavy atom. The molecule has 1 aliphatic heterocycles. The van der Waals surface area contributed by atoms with Crippen molar-refractivity contribution in [3.05, 3.63) is 71.8 Å². The molecule has 0 aromatic heterocycles. The molecule has 0 atom stereocenters.